The fourth-order valence-electron chi connectivity index (χ4n) is 2.31. The Morgan fingerprint density at radius 1 is 1.53 bits per heavy atom. The minimum Gasteiger partial charge on any atom is -0.493 e. The Kier molecular flexibility index (Phi) is 5.17. The fraction of sp³-hybridized carbons (Fsp3) is 0.571. The molecule has 0 saturated carbocycles. The van der Waals surface area contributed by atoms with Crippen molar-refractivity contribution in [1.82, 2.24) is 5.32 Å². The van der Waals surface area contributed by atoms with Crippen molar-refractivity contribution in [2.75, 3.05) is 25.2 Å². The molecule has 19 heavy (non-hydrogen) atoms. The van der Waals surface area contributed by atoms with Gasteiger partial charge in [-0.25, -0.2) is 0 Å². The second kappa shape index (κ2) is 6.48. The van der Waals surface area contributed by atoms with Gasteiger partial charge >= 0.3 is 0 Å². The molecular formula is C14H20BrNO2S. The highest BCUT2D eigenvalue weighted by atomic mass is 79.9. The van der Waals surface area contributed by atoms with Crippen molar-refractivity contribution in [3.8, 4) is 5.75 Å². The molecule has 5 heteroatoms. The van der Waals surface area contributed by atoms with E-state index in [1.165, 1.54) is 5.56 Å². The normalized spacial score (nSPS) is 16.8. The van der Waals surface area contributed by atoms with Gasteiger partial charge in [0.2, 0.25) is 0 Å². The molecule has 1 aromatic carbocycles. The van der Waals surface area contributed by atoms with Crippen LogP contribution in [0, 0.1) is 0 Å². The first kappa shape index (κ1) is 15.2. The van der Waals surface area contributed by atoms with Gasteiger partial charge in [-0.3, -0.25) is 0 Å². The van der Waals surface area contributed by atoms with Gasteiger partial charge in [-0.2, -0.15) is 11.8 Å². The molecule has 0 radical (unpaired) electrons. The maximum Gasteiger partial charge on any atom is 0.127 e. The first-order chi connectivity index (χ1) is 9.02. The largest absolute Gasteiger partial charge is 0.493 e. The predicted molar refractivity (Wildman–Crippen MR) is 84.1 cm³/mol. The first-order valence-electron chi connectivity index (χ1n) is 6.38. The minimum absolute atomic E-state index is 0.578. The third kappa shape index (κ3) is 4.12. The van der Waals surface area contributed by atoms with Crippen molar-refractivity contribution in [3.63, 3.8) is 0 Å². The molecule has 0 aliphatic carbocycles. The monoisotopic (exact) mass is 345 g/mol. The minimum atomic E-state index is -0.671. The van der Waals surface area contributed by atoms with E-state index in [1.807, 2.05) is 13.2 Å². The highest BCUT2D eigenvalue weighted by Gasteiger charge is 2.20. The van der Waals surface area contributed by atoms with Gasteiger partial charge in [0.15, 0.2) is 0 Å². The lowest BCUT2D eigenvalue weighted by molar-refractivity contribution is 0.0845. The van der Waals surface area contributed by atoms with Crippen LogP contribution in [0.1, 0.15) is 18.1 Å². The molecule has 1 unspecified atom stereocenters. The maximum absolute atomic E-state index is 10.1. The van der Waals surface area contributed by atoms with Gasteiger partial charge in [0.25, 0.3) is 0 Å². The molecule has 0 spiro atoms. The van der Waals surface area contributed by atoms with E-state index >= 15 is 0 Å². The summed E-state index contributed by atoms with van der Waals surface area (Å²) in [5.41, 5.74) is 1.75. The summed E-state index contributed by atoms with van der Waals surface area (Å²) in [4.78, 5) is 0. The van der Waals surface area contributed by atoms with Crippen molar-refractivity contribution >= 4 is 27.7 Å². The third-order valence-corrected chi connectivity index (χ3v) is 4.47. The van der Waals surface area contributed by atoms with E-state index in [0.717, 1.165) is 34.6 Å². The summed E-state index contributed by atoms with van der Waals surface area (Å²) in [6, 6.07) is 4.20. The van der Waals surface area contributed by atoms with Gasteiger partial charge in [0.05, 0.1) is 12.2 Å². The molecule has 1 atom stereocenters. The van der Waals surface area contributed by atoms with Crippen LogP contribution in [0.5, 0.6) is 5.75 Å². The van der Waals surface area contributed by atoms with Gasteiger partial charge in [0, 0.05) is 35.3 Å². The van der Waals surface area contributed by atoms with Crippen LogP contribution in [0.15, 0.2) is 16.6 Å². The van der Waals surface area contributed by atoms with Crippen molar-refractivity contribution < 1.29 is 9.84 Å². The van der Waals surface area contributed by atoms with Crippen LogP contribution < -0.4 is 10.1 Å². The fourth-order valence-corrected chi connectivity index (χ4v) is 3.58. The summed E-state index contributed by atoms with van der Waals surface area (Å²) in [7, 11) is 0. The average Bonchev–Trinajstić information content (AvgIpc) is 2.76. The summed E-state index contributed by atoms with van der Waals surface area (Å²) in [5.74, 6) is 1.74. The number of ether oxygens (including phenoxy) is 1. The predicted octanol–water partition coefficient (Wildman–Crippen LogP) is 2.59. The Bertz CT molecular complexity index is 451. The van der Waals surface area contributed by atoms with Gasteiger partial charge < -0.3 is 15.2 Å². The number of rotatable bonds is 6. The molecule has 106 valence electrons. The maximum atomic E-state index is 10.1. The number of halogens is 1. The van der Waals surface area contributed by atoms with E-state index in [1.54, 1.807) is 11.8 Å². The van der Waals surface area contributed by atoms with Crippen molar-refractivity contribution in [2.24, 2.45) is 0 Å². The number of thioether (sulfide) groups is 1. The highest BCUT2D eigenvalue weighted by molar-refractivity contribution is 9.10. The van der Waals surface area contributed by atoms with Crippen LogP contribution in [0.25, 0.3) is 0 Å². The Hall–Kier alpha value is -0.230. The summed E-state index contributed by atoms with van der Waals surface area (Å²) in [6.45, 7) is 3.92. The van der Waals surface area contributed by atoms with Crippen molar-refractivity contribution in [3.05, 3.63) is 27.7 Å². The van der Waals surface area contributed by atoms with Crippen molar-refractivity contribution in [1.29, 1.82) is 0 Å². The Balaban J connectivity index is 1.97. The summed E-state index contributed by atoms with van der Waals surface area (Å²) >= 11 is 5.19. The first-order valence-corrected chi connectivity index (χ1v) is 8.57. The molecular weight excluding hydrogens is 326 g/mol. The Morgan fingerprint density at radius 2 is 2.32 bits per heavy atom. The zero-order chi connectivity index (χ0) is 13.9. The molecule has 1 heterocycles. The number of aliphatic hydroxyl groups is 1. The van der Waals surface area contributed by atoms with Gasteiger partial charge in [-0.15, -0.1) is 0 Å². The van der Waals surface area contributed by atoms with Gasteiger partial charge in [0.1, 0.15) is 5.75 Å². The average molecular weight is 346 g/mol. The molecule has 1 aliphatic rings. The molecule has 3 nitrogen and oxygen atoms in total. The molecule has 0 aromatic heterocycles. The number of fused-ring (bicyclic) bond motifs is 1. The number of hydrogen-bond acceptors (Lipinski definition) is 4. The Morgan fingerprint density at radius 3 is 3.05 bits per heavy atom. The number of benzene rings is 1. The zero-order valence-corrected chi connectivity index (χ0v) is 13.7. The van der Waals surface area contributed by atoms with E-state index in [0.29, 0.717) is 13.1 Å². The van der Waals surface area contributed by atoms with Crippen LogP contribution in [-0.4, -0.2) is 35.9 Å². The number of hydrogen-bond donors (Lipinski definition) is 2. The summed E-state index contributed by atoms with van der Waals surface area (Å²) in [6.07, 6.45) is 2.98. The molecule has 0 bridgehead atoms. The smallest absolute Gasteiger partial charge is 0.127 e. The standard InChI is InChI=1S/C14H20BrNO2S/c1-14(17,9-19-2)8-16-7-11-6-12(15)5-10-3-4-18-13(10)11/h5-6,16-17H,3-4,7-9H2,1-2H3. The zero-order valence-electron chi connectivity index (χ0n) is 11.3. The van der Waals surface area contributed by atoms with Crippen LogP contribution in [0.4, 0.5) is 0 Å². The topological polar surface area (TPSA) is 41.5 Å². The van der Waals surface area contributed by atoms with E-state index in [4.69, 9.17) is 4.74 Å². The molecule has 1 aliphatic heterocycles. The molecule has 0 fully saturated rings. The quantitative estimate of drug-likeness (QED) is 0.831. The highest BCUT2D eigenvalue weighted by Crippen LogP contribution is 2.32. The molecule has 2 rings (SSSR count). The SMILES string of the molecule is CSCC(C)(O)CNCc1cc(Br)cc2c1OCC2. The molecule has 2 N–H and O–H groups in total. The second-order valence-electron chi connectivity index (χ2n) is 5.19. The Labute approximate surface area is 127 Å². The van der Waals surface area contributed by atoms with Crippen molar-refractivity contribution in [2.45, 2.75) is 25.5 Å². The molecule has 0 saturated heterocycles. The van der Waals surface area contributed by atoms with Crippen LogP contribution in [-0.2, 0) is 13.0 Å². The van der Waals surface area contributed by atoms with Crippen LogP contribution >= 0.6 is 27.7 Å². The lowest BCUT2D eigenvalue weighted by atomic mass is 10.1. The summed E-state index contributed by atoms with van der Waals surface area (Å²) < 4.78 is 6.77. The van der Waals surface area contributed by atoms with E-state index in [2.05, 4.69) is 33.4 Å². The van der Waals surface area contributed by atoms with Gasteiger partial charge in [-0.1, -0.05) is 15.9 Å². The molecule has 1 aromatic rings. The third-order valence-electron chi connectivity index (χ3n) is 3.10. The lowest BCUT2D eigenvalue weighted by Crippen LogP contribution is -2.39. The van der Waals surface area contributed by atoms with E-state index in [-0.39, 0.29) is 0 Å². The second-order valence-corrected chi connectivity index (χ2v) is 6.97. The molecule has 0 amide bonds. The van der Waals surface area contributed by atoms with E-state index in [9.17, 15) is 5.11 Å². The van der Waals surface area contributed by atoms with Crippen LogP contribution in [0.2, 0.25) is 0 Å². The number of nitrogens with one attached hydrogen (secondary N) is 1. The van der Waals surface area contributed by atoms with Crippen LogP contribution in [0.3, 0.4) is 0 Å². The summed E-state index contributed by atoms with van der Waals surface area (Å²) in [5, 5.41) is 13.4. The lowest BCUT2D eigenvalue weighted by Gasteiger charge is -2.23. The van der Waals surface area contributed by atoms with E-state index < -0.39 is 5.60 Å². The van der Waals surface area contributed by atoms with Gasteiger partial charge in [-0.05, 0) is 30.9 Å².